The minimum absolute atomic E-state index is 0.0494. The van der Waals surface area contributed by atoms with Gasteiger partial charge in [0.2, 0.25) is 5.96 Å². The number of aliphatic hydroxyl groups is 1. The molecule has 1 N–H and O–H groups in total. The fourth-order valence-corrected chi connectivity index (χ4v) is 3.83. The summed E-state index contributed by atoms with van der Waals surface area (Å²) in [4.78, 5) is 48.1. The molecule has 0 unspecified atom stereocenters. The van der Waals surface area contributed by atoms with Crippen LogP contribution >= 0.6 is 0 Å². The van der Waals surface area contributed by atoms with Crippen molar-refractivity contribution in [3.8, 4) is 0 Å². The molecule has 1 aliphatic rings. The van der Waals surface area contributed by atoms with Crippen molar-refractivity contribution in [3.05, 3.63) is 29.8 Å². The van der Waals surface area contributed by atoms with Crippen LogP contribution in [0.25, 0.3) is 0 Å². The molecule has 1 aromatic heterocycles. The van der Waals surface area contributed by atoms with Crippen LogP contribution in [0.4, 0.5) is 9.59 Å². The number of Topliss-reactive ketones (excluding diaryl/α,β-unsaturated/α-hetero) is 1. The van der Waals surface area contributed by atoms with E-state index in [1.165, 1.54) is 15.8 Å². The third-order valence-corrected chi connectivity index (χ3v) is 5.25. The highest BCUT2D eigenvalue weighted by Crippen LogP contribution is 2.36. The molecule has 0 atom stereocenters. The number of hydrogen-bond donors (Lipinski definition) is 1. The van der Waals surface area contributed by atoms with Gasteiger partial charge in [-0.05, 0) is 66.4 Å². The molecule has 0 bridgehead atoms. The third kappa shape index (κ3) is 9.42. The van der Waals surface area contributed by atoms with Gasteiger partial charge in [-0.1, -0.05) is 13.8 Å². The molecule has 2 rings (SSSR count). The van der Waals surface area contributed by atoms with E-state index in [2.05, 4.69) is 15.1 Å². The second-order valence-electron chi connectivity index (χ2n) is 12.1. The topological polar surface area (TPSA) is 136 Å². The summed E-state index contributed by atoms with van der Waals surface area (Å²) in [6, 6.07) is 1.63. The molecule has 1 aromatic rings. The van der Waals surface area contributed by atoms with Crippen LogP contribution in [0.3, 0.4) is 0 Å². The van der Waals surface area contributed by atoms with E-state index in [4.69, 9.17) is 9.47 Å². The molecule has 0 radical (unpaired) electrons. The maximum Gasteiger partial charge on any atom is 0.437 e. The molecule has 38 heavy (non-hydrogen) atoms. The minimum Gasteiger partial charge on any atom is -0.511 e. The van der Waals surface area contributed by atoms with Crippen LogP contribution in [0, 0.1) is 5.41 Å². The first-order valence-electron chi connectivity index (χ1n) is 12.7. The number of allylic oxidation sites excluding steroid dienone is 2. The second kappa shape index (κ2) is 11.9. The predicted molar refractivity (Wildman–Crippen MR) is 145 cm³/mol. The fourth-order valence-electron chi connectivity index (χ4n) is 3.83. The van der Waals surface area contributed by atoms with Crippen LogP contribution in [0.1, 0.15) is 81.6 Å². The lowest BCUT2D eigenvalue weighted by molar-refractivity contribution is -0.117. The number of aromatic nitrogens is 2. The number of aliphatic hydroxyl groups excluding tert-OH is 1. The van der Waals surface area contributed by atoms with Gasteiger partial charge >= 0.3 is 12.2 Å². The number of amides is 2. The first-order chi connectivity index (χ1) is 17.4. The van der Waals surface area contributed by atoms with Crippen LogP contribution in [-0.4, -0.2) is 73.7 Å². The van der Waals surface area contributed by atoms with Gasteiger partial charge in [0, 0.05) is 44.0 Å². The van der Waals surface area contributed by atoms with Gasteiger partial charge in [-0.15, -0.1) is 4.99 Å². The molecule has 0 aliphatic heterocycles. The quantitative estimate of drug-likeness (QED) is 0.309. The molecular formula is C27H41N5O6. The molecule has 1 aliphatic carbocycles. The van der Waals surface area contributed by atoms with Crippen molar-refractivity contribution in [2.24, 2.45) is 15.4 Å². The molecular weight excluding hydrogens is 490 g/mol. The summed E-state index contributed by atoms with van der Waals surface area (Å²) in [5, 5.41) is 14.6. The molecule has 0 spiro atoms. The Morgan fingerprint density at radius 3 is 2.29 bits per heavy atom. The van der Waals surface area contributed by atoms with E-state index in [1.807, 2.05) is 13.8 Å². The van der Waals surface area contributed by atoms with Gasteiger partial charge in [0.1, 0.15) is 17.0 Å². The molecule has 0 saturated carbocycles. The molecule has 11 heteroatoms. The number of nitrogens with zero attached hydrogens (tertiary/aromatic N) is 5. The zero-order chi connectivity index (χ0) is 28.9. The zero-order valence-corrected chi connectivity index (χ0v) is 24.0. The average molecular weight is 532 g/mol. The highest BCUT2D eigenvalue weighted by molar-refractivity contribution is 6.22. The van der Waals surface area contributed by atoms with Crippen LogP contribution < -0.4 is 0 Å². The Morgan fingerprint density at radius 1 is 1.13 bits per heavy atom. The van der Waals surface area contributed by atoms with Crippen LogP contribution in [0.5, 0.6) is 0 Å². The molecule has 11 nitrogen and oxygen atoms in total. The van der Waals surface area contributed by atoms with Crippen molar-refractivity contribution >= 4 is 29.6 Å². The summed E-state index contributed by atoms with van der Waals surface area (Å²) in [5.41, 5.74) is -1.18. The van der Waals surface area contributed by atoms with Crippen molar-refractivity contribution in [1.82, 2.24) is 14.7 Å². The Bertz CT molecular complexity index is 1120. The highest BCUT2D eigenvalue weighted by atomic mass is 16.6. The van der Waals surface area contributed by atoms with Gasteiger partial charge < -0.3 is 14.6 Å². The SMILES string of the molecule is CC(=NCCCN(C(=O)OC(C)(C)C)/C(=N\C(=O)OC(C)(C)C)n1cccn1)C1=C(O)CC(C)(C)CC1=O. The summed E-state index contributed by atoms with van der Waals surface area (Å²) in [7, 11) is 0. The monoisotopic (exact) mass is 531 g/mol. The standard InChI is InChI=1S/C27H41N5O6/c1-18(21-19(33)16-27(8,9)17-20(21)34)28-12-10-14-31(24(36)38-26(5,6)7)22(32-15-11-13-29-32)30-23(35)37-25(2,3)4/h11,13,15,33H,10,12,14,16-17H2,1-9H3/b28-18?,30-22+. The summed E-state index contributed by atoms with van der Waals surface area (Å²) < 4.78 is 12.2. The Kier molecular flexibility index (Phi) is 9.63. The van der Waals surface area contributed by atoms with Crippen molar-refractivity contribution < 1.29 is 29.0 Å². The first-order valence-corrected chi connectivity index (χ1v) is 12.7. The van der Waals surface area contributed by atoms with Crippen LogP contribution in [0.2, 0.25) is 0 Å². The summed E-state index contributed by atoms with van der Waals surface area (Å²) in [5.74, 6) is -0.168. The number of rotatable bonds is 5. The van der Waals surface area contributed by atoms with E-state index < -0.39 is 23.4 Å². The predicted octanol–water partition coefficient (Wildman–Crippen LogP) is 5.31. The summed E-state index contributed by atoms with van der Waals surface area (Å²) in [6.45, 7) is 16.2. The lowest BCUT2D eigenvalue weighted by Gasteiger charge is -2.29. The van der Waals surface area contributed by atoms with E-state index >= 15 is 0 Å². The smallest absolute Gasteiger partial charge is 0.437 e. The molecule has 0 aromatic carbocycles. The molecule has 1 heterocycles. The normalized spacial score (nSPS) is 16.9. The van der Waals surface area contributed by atoms with E-state index in [0.29, 0.717) is 25.0 Å². The second-order valence-corrected chi connectivity index (χ2v) is 12.1. The Morgan fingerprint density at radius 2 is 1.76 bits per heavy atom. The van der Waals surface area contributed by atoms with Crippen LogP contribution in [-0.2, 0) is 14.3 Å². The minimum atomic E-state index is -0.883. The number of carbonyl (C=O) groups excluding carboxylic acids is 3. The Labute approximate surface area is 224 Å². The van der Waals surface area contributed by atoms with Gasteiger partial charge in [0.15, 0.2) is 5.78 Å². The lowest BCUT2D eigenvalue weighted by Crippen LogP contribution is -2.45. The zero-order valence-electron chi connectivity index (χ0n) is 24.0. The summed E-state index contributed by atoms with van der Waals surface area (Å²) >= 11 is 0. The third-order valence-electron chi connectivity index (χ3n) is 5.25. The van der Waals surface area contributed by atoms with Crippen LogP contribution in [0.15, 0.2) is 39.8 Å². The molecule has 0 saturated heterocycles. The lowest BCUT2D eigenvalue weighted by atomic mass is 9.76. The molecule has 2 amide bonds. The highest BCUT2D eigenvalue weighted by Gasteiger charge is 2.34. The maximum absolute atomic E-state index is 13.2. The first kappa shape index (κ1) is 30.7. The number of aliphatic imine (C=N–C) groups is 2. The number of carbonyl (C=O) groups is 3. The van der Waals surface area contributed by atoms with E-state index in [9.17, 15) is 19.5 Å². The largest absolute Gasteiger partial charge is 0.511 e. The van der Waals surface area contributed by atoms with Gasteiger partial charge in [-0.2, -0.15) is 5.10 Å². The van der Waals surface area contributed by atoms with Crippen molar-refractivity contribution in [2.75, 3.05) is 13.1 Å². The van der Waals surface area contributed by atoms with Crippen molar-refractivity contribution in [3.63, 3.8) is 0 Å². The van der Waals surface area contributed by atoms with Gasteiger partial charge in [0.25, 0.3) is 0 Å². The molecule has 0 fully saturated rings. The molecule has 210 valence electrons. The summed E-state index contributed by atoms with van der Waals surface area (Å²) in [6.07, 6.45) is 2.52. The van der Waals surface area contributed by atoms with E-state index in [0.717, 1.165) is 0 Å². The van der Waals surface area contributed by atoms with Gasteiger partial charge in [-0.25, -0.2) is 19.2 Å². The van der Waals surface area contributed by atoms with E-state index in [-0.39, 0.29) is 41.6 Å². The number of ether oxygens (including phenoxy) is 2. The number of ketones is 1. The van der Waals surface area contributed by atoms with Gasteiger partial charge in [-0.3, -0.25) is 9.79 Å². The Hall–Kier alpha value is -3.50. The van der Waals surface area contributed by atoms with Gasteiger partial charge in [0.05, 0.1) is 5.57 Å². The number of hydrogen-bond acceptors (Lipinski definition) is 8. The van der Waals surface area contributed by atoms with Crippen molar-refractivity contribution in [2.45, 2.75) is 92.8 Å². The van der Waals surface area contributed by atoms with E-state index in [1.54, 1.807) is 60.7 Å². The fraction of sp³-hybridized carbons (Fsp3) is 0.630. The average Bonchev–Trinajstić information content (AvgIpc) is 3.22. The Balaban J connectivity index is 2.30. The van der Waals surface area contributed by atoms with Crippen molar-refractivity contribution in [1.29, 1.82) is 0 Å². The maximum atomic E-state index is 13.2.